The van der Waals surface area contributed by atoms with Gasteiger partial charge in [0.15, 0.2) is 15.1 Å². The predicted molar refractivity (Wildman–Crippen MR) is 148 cm³/mol. The fourth-order valence-electron chi connectivity index (χ4n) is 4.72. The van der Waals surface area contributed by atoms with Gasteiger partial charge in [0.25, 0.3) is 10.0 Å². The highest BCUT2D eigenvalue weighted by Gasteiger charge is 2.33. The van der Waals surface area contributed by atoms with Crippen molar-refractivity contribution in [3.63, 3.8) is 0 Å². The largest absolute Gasteiger partial charge is 0.453 e. The van der Waals surface area contributed by atoms with E-state index < -0.39 is 16.1 Å². The molecule has 3 aromatic rings. The van der Waals surface area contributed by atoms with Crippen molar-refractivity contribution < 1.29 is 22.7 Å². The molecule has 14 heteroatoms. The van der Waals surface area contributed by atoms with Gasteiger partial charge in [-0.05, 0) is 38.8 Å². The average Bonchev–Trinajstić information content (AvgIpc) is 3.70. The number of ether oxygens (including phenoxy) is 1. The van der Waals surface area contributed by atoms with Crippen LogP contribution in [0.15, 0.2) is 28.7 Å². The highest BCUT2D eigenvalue weighted by Crippen LogP contribution is 2.35. The second kappa shape index (κ2) is 11.1. The standard InChI is InChI=1S/C25H31N7O5S2/c1-15(28-22-19-6-4-5-18(20(19)26-14-27-22)21(33)17-7-8-17)13-31-9-11-32(12-10-31)39(35,36)23-16(2)29-24(38-23)30-25(34)37-3/h4-6,14-15,17H,7-13H2,1-3H3,(H,26,27,28)(H,29,30,34). The lowest BCUT2D eigenvalue weighted by atomic mass is 10.0. The van der Waals surface area contributed by atoms with E-state index in [2.05, 4.69) is 35.2 Å². The van der Waals surface area contributed by atoms with E-state index in [1.807, 2.05) is 25.1 Å². The number of aryl methyl sites for hydroxylation is 1. The van der Waals surface area contributed by atoms with Crippen LogP contribution < -0.4 is 10.6 Å². The molecule has 2 aromatic heterocycles. The van der Waals surface area contributed by atoms with Crippen LogP contribution in [-0.2, 0) is 14.8 Å². The molecule has 12 nitrogen and oxygen atoms in total. The van der Waals surface area contributed by atoms with E-state index in [-0.39, 0.29) is 27.1 Å². The Morgan fingerprint density at radius 3 is 2.62 bits per heavy atom. The number of fused-ring (bicyclic) bond motifs is 1. The number of aromatic nitrogens is 3. The zero-order valence-electron chi connectivity index (χ0n) is 22.0. The number of sulfonamides is 1. The lowest BCUT2D eigenvalue weighted by Gasteiger charge is -2.35. The van der Waals surface area contributed by atoms with Crippen LogP contribution in [-0.4, -0.2) is 90.3 Å². The van der Waals surface area contributed by atoms with Gasteiger partial charge in [0, 0.05) is 55.6 Å². The summed E-state index contributed by atoms with van der Waals surface area (Å²) in [5.74, 6) is 0.939. The summed E-state index contributed by atoms with van der Waals surface area (Å²) in [6.07, 6.45) is 2.66. The maximum Gasteiger partial charge on any atom is 0.413 e. The molecule has 1 unspecified atom stereocenters. The molecule has 3 heterocycles. The minimum Gasteiger partial charge on any atom is -0.453 e. The Morgan fingerprint density at radius 2 is 1.92 bits per heavy atom. The zero-order chi connectivity index (χ0) is 27.7. The number of ketones is 1. The van der Waals surface area contributed by atoms with Crippen molar-refractivity contribution in [3.05, 3.63) is 35.8 Å². The van der Waals surface area contributed by atoms with Crippen molar-refractivity contribution in [2.45, 2.75) is 36.9 Å². The number of anilines is 2. The first-order valence-corrected chi connectivity index (χ1v) is 15.0. The maximum atomic E-state index is 13.3. The van der Waals surface area contributed by atoms with Crippen LogP contribution in [0.4, 0.5) is 15.7 Å². The summed E-state index contributed by atoms with van der Waals surface area (Å²) < 4.78 is 32.7. The number of Topliss-reactive ketones (excluding diaryl/α,β-unsaturated/α-hetero) is 1. The molecular weight excluding hydrogens is 542 g/mol. The molecular formula is C25H31N7O5S2. The monoisotopic (exact) mass is 573 g/mol. The number of rotatable bonds is 9. The van der Waals surface area contributed by atoms with Crippen LogP contribution in [0.2, 0.25) is 0 Å². The molecule has 0 spiro atoms. The average molecular weight is 574 g/mol. The number of nitrogens with one attached hydrogen (secondary N) is 2. The van der Waals surface area contributed by atoms with Gasteiger partial charge in [0.2, 0.25) is 0 Å². The third-order valence-corrected chi connectivity index (χ3v) is 10.4. The van der Waals surface area contributed by atoms with Crippen molar-refractivity contribution in [3.8, 4) is 0 Å². The SMILES string of the molecule is COC(=O)Nc1nc(C)c(S(=O)(=O)N2CCN(CC(C)Nc3ncnc4c(C(=O)C5CC5)cccc34)CC2)s1. The van der Waals surface area contributed by atoms with Gasteiger partial charge >= 0.3 is 6.09 Å². The van der Waals surface area contributed by atoms with Gasteiger partial charge in [-0.1, -0.05) is 17.4 Å². The van der Waals surface area contributed by atoms with Crippen LogP contribution in [0, 0.1) is 12.8 Å². The maximum absolute atomic E-state index is 13.3. The van der Waals surface area contributed by atoms with Crippen molar-refractivity contribution in [2.24, 2.45) is 5.92 Å². The van der Waals surface area contributed by atoms with E-state index >= 15 is 0 Å². The predicted octanol–water partition coefficient (Wildman–Crippen LogP) is 2.97. The first-order chi connectivity index (χ1) is 18.7. The summed E-state index contributed by atoms with van der Waals surface area (Å²) in [6.45, 7) is 6.17. The van der Waals surface area contributed by atoms with Crippen molar-refractivity contribution >= 4 is 55.1 Å². The van der Waals surface area contributed by atoms with E-state index in [0.29, 0.717) is 55.3 Å². The number of hydrogen-bond donors (Lipinski definition) is 2. The number of hydrogen-bond acceptors (Lipinski definition) is 11. The van der Waals surface area contributed by atoms with Crippen molar-refractivity contribution in [1.82, 2.24) is 24.2 Å². The van der Waals surface area contributed by atoms with Gasteiger partial charge < -0.3 is 10.1 Å². The molecule has 0 bridgehead atoms. The molecule has 1 saturated heterocycles. The third-order valence-electron chi connectivity index (χ3n) is 6.85. The summed E-state index contributed by atoms with van der Waals surface area (Å²) in [4.78, 5) is 39.4. The van der Waals surface area contributed by atoms with Crippen molar-refractivity contribution in [2.75, 3.05) is 50.5 Å². The number of benzene rings is 1. The number of amides is 1. The summed E-state index contributed by atoms with van der Waals surface area (Å²) >= 11 is 0.916. The highest BCUT2D eigenvalue weighted by molar-refractivity contribution is 7.91. The number of piperazine rings is 1. The molecule has 208 valence electrons. The van der Waals surface area contributed by atoms with Gasteiger partial charge in [-0.2, -0.15) is 4.31 Å². The summed E-state index contributed by atoms with van der Waals surface area (Å²) in [5, 5.41) is 6.87. The summed E-state index contributed by atoms with van der Waals surface area (Å²) in [6, 6.07) is 5.65. The second-order valence-electron chi connectivity index (χ2n) is 9.82. The molecule has 1 aromatic carbocycles. The first kappa shape index (κ1) is 27.4. The number of carbonyl (C=O) groups excluding carboxylic acids is 2. The number of methoxy groups -OCH3 is 1. The number of nitrogens with zero attached hydrogens (tertiary/aromatic N) is 5. The normalized spacial score (nSPS) is 17.6. The fraction of sp³-hybridized carbons (Fsp3) is 0.480. The Kier molecular flexibility index (Phi) is 7.80. The fourth-order valence-corrected chi connectivity index (χ4v) is 7.67. The van der Waals surface area contributed by atoms with E-state index in [1.54, 1.807) is 6.92 Å². The van der Waals surface area contributed by atoms with Crippen LogP contribution in [0.25, 0.3) is 10.9 Å². The summed E-state index contributed by atoms with van der Waals surface area (Å²) in [5.41, 5.74) is 1.65. The van der Waals surface area contributed by atoms with E-state index in [4.69, 9.17) is 0 Å². The Morgan fingerprint density at radius 1 is 1.18 bits per heavy atom. The van der Waals surface area contributed by atoms with E-state index in [9.17, 15) is 18.0 Å². The Labute approximate surface area is 230 Å². The Balaban J connectivity index is 1.20. The second-order valence-corrected chi connectivity index (χ2v) is 13.0. The molecule has 5 rings (SSSR count). The third kappa shape index (κ3) is 5.88. The molecule has 39 heavy (non-hydrogen) atoms. The molecule has 1 atom stereocenters. The number of para-hydroxylation sites is 1. The highest BCUT2D eigenvalue weighted by atomic mass is 32.2. The number of thiazole rings is 1. The molecule has 2 N–H and O–H groups in total. The minimum absolute atomic E-state index is 0.0183. The van der Waals surface area contributed by atoms with Gasteiger partial charge in [0.05, 0.1) is 18.3 Å². The lowest BCUT2D eigenvalue weighted by Crippen LogP contribution is -2.50. The molecule has 2 aliphatic rings. The van der Waals surface area contributed by atoms with E-state index in [0.717, 1.165) is 29.6 Å². The molecule has 1 aliphatic carbocycles. The topological polar surface area (TPSA) is 147 Å². The molecule has 0 radical (unpaired) electrons. The smallest absolute Gasteiger partial charge is 0.413 e. The van der Waals surface area contributed by atoms with E-state index in [1.165, 1.54) is 17.7 Å². The van der Waals surface area contributed by atoms with Gasteiger partial charge in [-0.25, -0.2) is 28.2 Å². The van der Waals surface area contributed by atoms with Crippen LogP contribution >= 0.6 is 11.3 Å². The quantitative estimate of drug-likeness (QED) is 0.366. The van der Waals surface area contributed by atoms with Gasteiger partial charge in [-0.3, -0.25) is 15.0 Å². The summed E-state index contributed by atoms with van der Waals surface area (Å²) in [7, 11) is -2.51. The lowest BCUT2D eigenvalue weighted by molar-refractivity contribution is 0.0969. The molecule has 1 aliphatic heterocycles. The van der Waals surface area contributed by atoms with Gasteiger partial charge in [0.1, 0.15) is 12.1 Å². The molecule has 1 saturated carbocycles. The van der Waals surface area contributed by atoms with Crippen LogP contribution in [0.3, 0.4) is 0 Å². The van der Waals surface area contributed by atoms with Crippen LogP contribution in [0.5, 0.6) is 0 Å². The Hall–Kier alpha value is -3.20. The zero-order valence-corrected chi connectivity index (χ0v) is 23.6. The number of carbonyl (C=O) groups is 2. The van der Waals surface area contributed by atoms with Crippen molar-refractivity contribution in [1.29, 1.82) is 0 Å². The molecule has 2 fully saturated rings. The minimum atomic E-state index is -3.74. The van der Waals surface area contributed by atoms with Crippen LogP contribution in [0.1, 0.15) is 35.8 Å². The first-order valence-electron chi connectivity index (χ1n) is 12.8. The Bertz CT molecular complexity index is 1500. The van der Waals surface area contributed by atoms with Gasteiger partial charge in [-0.15, -0.1) is 0 Å². The molecule has 1 amide bonds.